The third-order valence-corrected chi connectivity index (χ3v) is 2.80. The second-order valence-corrected chi connectivity index (χ2v) is 3.81. The van der Waals surface area contributed by atoms with E-state index in [1.54, 1.807) is 10.9 Å². The number of aromatic nitrogens is 4. The summed E-state index contributed by atoms with van der Waals surface area (Å²) in [6.45, 7) is 3.74. The van der Waals surface area contributed by atoms with Crippen molar-refractivity contribution < 1.29 is 4.79 Å². The van der Waals surface area contributed by atoms with E-state index in [-0.39, 0.29) is 11.7 Å². The molecule has 0 fully saturated rings. The lowest BCUT2D eigenvalue weighted by Crippen LogP contribution is -2.10. The van der Waals surface area contributed by atoms with Gasteiger partial charge in [-0.1, -0.05) is 6.92 Å². The summed E-state index contributed by atoms with van der Waals surface area (Å²) < 4.78 is 1.68. The highest BCUT2D eigenvalue weighted by molar-refractivity contribution is 5.89. The Bertz CT molecular complexity index is 532. The molecule has 5 nitrogen and oxygen atoms in total. The Balaban J connectivity index is 2.56. The average molecular weight is 218 g/mol. The first-order valence-corrected chi connectivity index (χ1v) is 5.30. The largest absolute Gasteiger partial charge is 0.299 e. The quantitative estimate of drug-likeness (QED) is 0.782. The first-order chi connectivity index (χ1) is 7.65. The van der Waals surface area contributed by atoms with Crippen LogP contribution in [-0.2, 0) is 11.8 Å². The van der Waals surface area contributed by atoms with Crippen molar-refractivity contribution in [1.82, 2.24) is 19.7 Å². The summed E-state index contributed by atoms with van der Waals surface area (Å²) in [5, 5.41) is 4.99. The lowest BCUT2D eigenvalue weighted by molar-refractivity contribution is -0.119. The van der Waals surface area contributed by atoms with Gasteiger partial charge < -0.3 is 0 Å². The van der Waals surface area contributed by atoms with Crippen LogP contribution in [0.3, 0.4) is 0 Å². The van der Waals surface area contributed by atoms with Gasteiger partial charge >= 0.3 is 0 Å². The van der Waals surface area contributed by atoms with Crippen LogP contribution in [0.25, 0.3) is 11.0 Å². The van der Waals surface area contributed by atoms with E-state index in [1.165, 1.54) is 6.33 Å². The van der Waals surface area contributed by atoms with Crippen LogP contribution in [0.1, 0.15) is 31.9 Å². The SMILES string of the molecule is CCC(=O)C(C)c1ncnc2c1cnn2C. The number of hydrogen-bond donors (Lipinski definition) is 0. The number of aryl methyl sites for hydroxylation is 1. The first kappa shape index (κ1) is 10.7. The number of Topliss-reactive ketones (excluding diaryl/α,β-unsaturated/α-hetero) is 1. The van der Waals surface area contributed by atoms with Gasteiger partial charge in [0, 0.05) is 13.5 Å². The topological polar surface area (TPSA) is 60.7 Å². The standard InChI is InChI=1S/C11H14N4O/c1-4-9(16)7(2)10-8-5-14-15(3)11(8)13-6-12-10/h5-7H,4H2,1-3H3. The van der Waals surface area contributed by atoms with Crippen LogP contribution < -0.4 is 0 Å². The van der Waals surface area contributed by atoms with Crippen LogP contribution in [0, 0.1) is 0 Å². The van der Waals surface area contributed by atoms with Crippen molar-refractivity contribution in [2.45, 2.75) is 26.2 Å². The molecule has 0 N–H and O–H groups in total. The number of fused-ring (bicyclic) bond motifs is 1. The van der Waals surface area contributed by atoms with Gasteiger partial charge in [-0.05, 0) is 6.92 Å². The normalized spacial score (nSPS) is 12.9. The van der Waals surface area contributed by atoms with E-state index in [1.807, 2.05) is 20.9 Å². The van der Waals surface area contributed by atoms with Gasteiger partial charge in [0.25, 0.3) is 0 Å². The van der Waals surface area contributed by atoms with Crippen LogP contribution in [0.5, 0.6) is 0 Å². The van der Waals surface area contributed by atoms with Gasteiger partial charge in [0.2, 0.25) is 0 Å². The molecule has 0 aliphatic rings. The number of carbonyl (C=O) groups excluding carboxylic acids is 1. The van der Waals surface area contributed by atoms with Crippen molar-refractivity contribution in [3.05, 3.63) is 18.2 Å². The fourth-order valence-electron chi connectivity index (χ4n) is 1.78. The fourth-order valence-corrected chi connectivity index (χ4v) is 1.78. The molecule has 2 heterocycles. The average Bonchev–Trinajstić information content (AvgIpc) is 2.69. The summed E-state index contributed by atoms with van der Waals surface area (Å²) in [6.07, 6.45) is 3.72. The maximum absolute atomic E-state index is 11.7. The minimum absolute atomic E-state index is 0.184. The third kappa shape index (κ3) is 1.58. The molecule has 0 aliphatic heterocycles. The molecule has 1 unspecified atom stereocenters. The second kappa shape index (κ2) is 4.00. The number of ketones is 1. The van der Waals surface area contributed by atoms with E-state index in [9.17, 15) is 4.79 Å². The van der Waals surface area contributed by atoms with Gasteiger partial charge in [-0.2, -0.15) is 5.10 Å². The first-order valence-electron chi connectivity index (χ1n) is 5.30. The van der Waals surface area contributed by atoms with E-state index in [2.05, 4.69) is 15.1 Å². The maximum Gasteiger partial charge on any atom is 0.161 e. The molecule has 0 saturated heterocycles. The van der Waals surface area contributed by atoms with Gasteiger partial charge in [-0.3, -0.25) is 9.48 Å². The molecule has 2 aromatic rings. The molecular weight excluding hydrogens is 204 g/mol. The molecule has 0 amide bonds. The van der Waals surface area contributed by atoms with Crippen LogP contribution in [0.4, 0.5) is 0 Å². The highest BCUT2D eigenvalue weighted by Gasteiger charge is 2.19. The van der Waals surface area contributed by atoms with Crippen LogP contribution in [0.15, 0.2) is 12.5 Å². The Kier molecular flexibility index (Phi) is 2.68. The number of hydrogen-bond acceptors (Lipinski definition) is 4. The maximum atomic E-state index is 11.7. The zero-order chi connectivity index (χ0) is 11.7. The molecule has 2 aromatic heterocycles. The van der Waals surface area contributed by atoms with Crippen molar-refractivity contribution in [2.75, 3.05) is 0 Å². The predicted molar refractivity (Wildman–Crippen MR) is 60.0 cm³/mol. The summed E-state index contributed by atoms with van der Waals surface area (Å²) in [6, 6.07) is 0. The van der Waals surface area contributed by atoms with Crippen molar-refractivity contribution in [2.24, 2.45) is 7.05 Å². The van der Waals surface area contributed by atoms with Gasteiger partial charge in [-0.15, -0.1) is 0 Å². The molecule has 0 aliphatic carbocycles. The van der Waals surface area contributed by atoms with E-state index >= 15 is 0 Å². The van der Waals surface area contributed by atoms with Gasteiger partial charge in [-0.25, -0.2) is 9.97 Å². The minimum atomic E-state index is -0.195. The molecule has 0 radical (unpaired) electrons. The van der Waals surface area contributed by atoms with E-state index in [0.29, 0.717) is 6.42 Å². The zero-order valence-electron chi connectivity index (χ0n) is 9.64. The smallest absolute Gasteiger partial charge is 0.161 e. The van der Waals surface area contributed by atoms with Crippen molar-refractivity contribution in [3.8, 4) is 0 Å². The molecule has 16 heavy (non-hydrogen) atoms. The Morgan fingerprint density at radius 3 is 2.94 bits per heavy atom. The molecule has 0 bridgehead atoms. The van der Waals surface area contributed by atoms with Gasteiger partial charge in [0.05, 0.1) is 23.2 Å². The molecule has 5 heteroatoms. The van der Waals surface area contributed by atoms with Gasteiger partial charge in [0.1, 0.15) is 12.1 Å². The van der Waals surface area contributed by atoms with Gasteiger partial charge in [0.15, 0.2) is 5.65 Å². The van der Waals surface area contributed by atoms with Crippen LogP contribution in [0.2, 0.25) is 0 Å². The van der Waals surface area contributed by atoms with Crippen LogP contribution >= 0.6 is 0 Å². The Morgan fingerprint density at radius 1 is 1.50 bits per heavy atom. The summed E-state index contributed by atoms with van der Waals surface area (Å²) in [5.41, 5.74) is 1.53. The minimum Gasteiger partial charge on any atom is -0.299 e. The molecular formula is C11H14N4O. The lowest BCUT2D eigenvalue weighted by Gasteiger charge is -2.08. The molecule has 0 spiro atoms. The summed E-state index contributed by atoms with van der Waals surface area (Å²) in [4.78, 5) is 20.0. The number of nitrogens with zero attached hydrogens (tertiary/aromatic N) is 4. The van der Waals surface area contributed by atoms with E-state index in [4.69, 9.17) is 0 Å². The molecule has 0 saturated carbocycles. The third-order valence-electron chi connectivity index (χ3n) is 2.80. The highest BCUT2D eigenvalue weighted by Crippen LogP contribution is 2.22. The van der Waals surface area contributed by atoms with Crippen molar-refractivity contribution in [1.29, 1.82) is 0 Å². The van der Waals surface area contributed by atoms with E-state index in [0.717, 1.165) is 16.7 Å². The molecule has 0 aromatic carbocycles. The Hall–Kier alpha value is -1.78. The number of rotatable bonds is 3. The number of carbonyl (C=O) groups is 1. The van der Waals surface area contributed by atoms with Crippen molar-refractivity contribution >= 4 is 16.8 Å². The highest BCUT2D eigenvalue weighted by atomic mass is 16.1. The Morgan fingerprint density at radius 2 is 2.25 bits per heavy atom. The molecule has 1 atom stereocenters. The molecule has 2 rings (SSSR count). The molecule has 84 valence electrons. The fraction of sp³-hybridized carbons (Fsp3) is 0.455. The summed E-state index contributed by atoms with van der Waals surface area (Å²) >= 11 is 0. The van der Waals surface area contributed by atoms with Crippen molar-refractivity contribution in [3.63, 3.8) is 0 Å². The summed E-state index contributed by atoms with van der Waals surface area (Å²) in [5.74, 6) is -0.0106. The summed E-state index contributed by atoms with van der Waals surface area (Å²) in [7, 11) is 1.82. The lowest BCUT2D eigenvalue weighted by atomic mass is 9.98. The second-order valence-electron chi connectivity index (χ2n) is 3.81. The monoisotopic (exact) mass is 218 g/mol. The van der Waals surface area contributed by atoms with Crippen LogP contribution in [-0.4, -0.2) is 25.5 Å². The Labute approximate surface area is 93.5 Å². The zero-order valence-corrected chi connectivity index (χ0v) is 9.64. The predicted octanol–water partition coefficient (Wildman–Crippen LogP) is 1.45. The van der Waals surface area contributed by atoms with E-state index < -0.39 is 0 Å².